The van der Waals surface area contributed by atoms with Crippen LogP contribution in [-0.4, -0.2) is 5.78 Å². The number of carbonyl (C=O) groups is 1. The van der Waals surface area contributed by atoms with E-state index >= 15 is 0 Å². The molecule has 126 valence electrons. The molecule has 1 saturated carbocycles. The summed E-state index contributed by atoms with van der Waals surface area (Å²) in [5.74, 6) is 0.748. The van der Waals surface area contributed by atoms with Crippen LogP contribution in [0.15, 0.2) is 46.2 Å². The maximum atomic E-state index is 13.0. The fourth-order valence-electron chi connectivity index (χ4n) is 3.18. The number of thiophene rings is 2. The molecule has 1 aliphatic carbocycles. The van der Waals surface area contributed by atoms with Crippen molar-refractivity contribution in [3.8, 4) is 0 Å². The average Bonchev–Trinajstić information content (AvgIpc) is 3.24. The van der Waals surface area contributed by atoms with Gasteiger partial charge in [0, 0.05) is 20.9 Å². The van der Waals surface area contributed by atoms with Crippen LogP contribution in [0.2, 0.25) is 0 Å². The Labute approximate surface area is 152 Å². The molecular weight excluding hydrogens is 332 g/mol. The van der Waals surface area contributed by atoms with Gasteiger partial charge >= 0.3 is 0 Å². The minimum Gasteiger partial charge on any atom is -0.289 e. The largest absolute Gasteiger partial charge is 0.289 e. The third-order valence-corrected chi connectivity index (χ3v) is 6.89. The van der Waals surface area contributed by atoms with Crippen LogP contribution < -0.4 is 0 Å². The molecule has 0 aromatic carbocycles. The zero-order chi connectivity index (χ0) is 17.2. The standard InChI is InChI=1S/C21H24OS2/c1-4-21(2,3)17-11-15(13-18-7-5-9-23-18)20(22)16(12-17)14-19-8-6-10-24-19/h5-10,13-14,17H,4,11-12H2,1-3H3/b15-13+,16-14+. The van der Waals surface area contributed by atoms with Gasteiger partial charge in [0.25, 0.3) is 0 Å². The van der Waals surface area contributed by atoms with Gasteiger partial charge in [-0.25, -0.2) is 0 Å². The van der Waals surface area contributed by atoms with Crippen LogP contribution in [0.4, 0.5) is 0 Å². The Morgan fingerprint density at radius 3 is 1.92 bits per heavy atom. The molecule has 0 N–H and O–H groups in total. The van der Waals surface area contributed by atoms with E-state index in [1.54, 1.807) is 22.7 Å². The molecular formula is C21H24OS2. The molecule has 2 heterocycles. The lowest BCUT2D eigenvalue weighted by Crippen LogP contribution is -2.30. The van der Waals surface area contributed by atoms with Crippen molar-refractivity contribution < 1.29 is 4.79 Å². The third-order valence-electron chi connectivity index (χ3n) is 5.25. The maximum absolute atomic E-state index is 13.0. The van der Waals surface area contributed by atoms with Crippen molar-refractivity contribution in [3.63, 3.8) is 0 Å². The van der Waals surface area contributed by atoms with Crippen molar-refractivity contribution in [2.24, 2.45) is 11.3 Å². The summed E-state index contributed by atoms with van der Waals surface area (Å²) in [5, 5.41) is 4.13. The highest BCUT2D eigenvalue weighted by Gasteiger charge is 2.36. The second-order valence-electron chi connectivity index (χ2n) is 7.15. The summed E-state index contributed by atoms with van der Waals surface area (Å²) in [6.07, 6.45) is 7.11. The maximum Gasteiger partial charge on any atom is 0.185 e. The normalized spacial score (nSPS) is 22.5. The summed E-state index contributed by atoms with van der Waals surface area (Å²) < 4.78 is 0. The number of allylic oxidation sites excluding steroid dienone is 2. The third kappa shape index (κ3) is 3.79. The number of carbonyl (C=O) groups excluding carboxylic acids is 1. The molecule has 0 amide bonds. The Hall–Kier alpha value is -1.45. The molecule has 0 unspecified atom stereocenters. The molecule has 1 fully saturated rings. The van der Waals surface area contributed by atoms with Crippen molar-refractivity contribution in [3.05, 3.63) is 55.9 Å². The molecule has 1 nitrogen and oxygen atoms in total. The Balaban J connectivity index is 1.98. The van der Waals surface area contributed by atoms with Crippen molar-refractivity contribution in [1.82, 2.24) is 0 Å². The molecule has 1 aliphatic rings. The van der Waals surface area contributed by atoms with E-state index in [1.807, 2.05) is 12.1 Å². The Morgan fingerprint density at radius 2 is 1.54 bits per heavy atom. The molecule has 24 heavy (non-hydrogen) atoms. The first-order valence-corrected chi connectivity index (χ1v) is 10.3. The lowest BCUT2D eigenvalue weighted by molar-refractivity contribution is -0.113. The summed E-state index contributed by atoms with van der Waals surface area (Å²) in [4.78, 5) is 15.4. The first-order valence-electron chi connectivity index (χ1n) is 8.52. The lowest BCUT2D eigenvalue weighted by Gasteiger charge is -2.37. The zero-order valence-electron chi connectivity index (χ0n) is 14.5. The van der Waals surface area contributed by atoms with Crippen molar-refractivity contribution >= 4 is 40.6 Å². The zero-order valence-corrected chi connectivity index (χ0v) is 16.2. The second kappa shape index (κ2) is 7.20. The van der Waals surface area contributed by atoms with Crippen molar-refractivity contribution in [2.75, 3.05) is 0 Å². The molecule has 0 radical (unpaired) electrons. The van der Waals surface area contributed by atoms with E-state index in [2.05, 4.69) is 55.8 Å². The highest BCUT2D eigenvalue weighted by molar-refractivity contribution is 7.11. The van der Waals surface area contributed by atoms with Gasteiger partial charge in [-0.1, -0.05) is 39.3 Å². The van der Waals surface area contributed by atoms with Gasteiger partial charge in [-0.15, -0.1) is 22.7 Å². The van der Waals surface area contributed by atoms with Gasteiger partial charge in [0.1, 0.15) is 0 Å². The van der Waals surface area contributed by atoms with E-state index in [0.717, 1.165) is 30.4 Å². The monoisotopic (exact) mass is 356 g/mol. The van der Waals surface area contributed by atoms with Crippen LogP contribution >= 0.6 is 22.7 Å². The molecule has 0 aliphatic heterocycles. The summed E-state index contributed by atoms with van der Waals surface area (Å²) in [6, 6.07) is 8.25. The van der Waals surface area contributed by atoms with Gasteiger partial charge in [0.15, 0.2) is 5.78 Å². The van der Waals surface area contributed by atoms with Gasteiger partial charge < -0.3 is 0 Å². The highest BCUT2D eigenvalue weighted by atomic mass is 32.1. The quantitative estimate of drug-likeness (QED) is 0.558. The molecule has 3 rings (SSSR count). The Morgan fingerprint density at radius 1 is 1.04 bits per heavy atom. The summed E-state index contributed by atoms with van der Waals surface area (Å²) in [7, 11) is 0. The fraction of sp³-hybridized carbons (Fsp3) is 0.381. The van der Waals surface area contributed by atoms with Crippen LogP contribution in [0.1, 0.15) is 49.8 Å². The van der Waals surface area contributed by atoms with Crippen LogP contribution in [-0.2, 0) is 4.79 Å². The van der Waals surface area contributed by atoms with E-state index in [-0.39, 0.29) is 11.2 Å². The average molecular weight is 357 g/mol. The lowest BCUT2D eigenvalue weighted by atomic mass is 9.66. The summed E-state index contributed by atoms with van der Waals surface area (Å²) >= 11 is 3.39. The van der Waals surface area contributed by atoms with E-state index in [4.69, 9.17) is 0 Å². The molecule has 0 spiro atoms. The summed E-state index contributed by atoms with van der Waals surface area (Å²) in [5.41, 5.74) is 2.18. The number of hydrogen-bond acceptors (Lipinski definition) is 3. The predicted molar refractivity (Wildman–Crippen MR) is 106 cm³/mol. The highest BCUT2D eigenvalue weighted by Crippen LogP contribution is 2.44. The van der Waals surface area contributed by atoms with Gasteiger partial charge in [-0.05, 0) is 59.2 Å². The number of Topliss-reactive ketones (excluding diaryl/α,β-unsaturated/α-hetero) is 1. The fourth-order valence-corrected chi connectivity index (χ4v) is 4.54. The predicted octanol–water partition coefficient (Wildman–Crippen LogP) is 6.69. The molecule has 3 heteroatoms. The van der Waals surface area contributed by atoms with E-state index in [9.17, 15) is 4.79 Å². The minimum atomic E-state index is 0.236. The van der Waals surface area contributed by atoms with E-state index in [0.29, 0.717) is 5.92 Å². The number of rotatable bonds is 4. The van der Waals surface area contributed by atoms with Crippen LogP contribution in [0.5, 0.6) is 0 Å². The first-order chi connectivity index (χ1) is 11.5. The van der Waals surface area contributed by atoms with Crippen molar-refractivity contribution in [2.45, 2.75) is 40.0 Å². The Bertz CT molecular complexity index is 690. The Kier molecular flexibility index (Phi) is 5.21. The number of hydrogen-bond donors (Lipinski definition) is 0. The van der Waals surface area contributed by atoms with E-state index < -0.39 is 0 Å². The van der Waals surface area contributed by atoms with Gasteiger partial charge in [0.05, 0.1) is 0 Å². The van der Waals surface area contributed by atoms with Gasteiger partial charge in [-0.2, -0.15) is 0 Å². The first kappa shape index (κ1) is 17.4. The molecule has 2 aromatic rings. The number of ketones is 1. The molecule has 0 atom stereocenters. The molecule has 2 aromatic heterocycles. The minimum absolute atomic E-state index is 0.236. The van der Waals surface area contributed by atoms with Gasteiger partial charge in [0.2, 0.25) is 0 Å². The second-order valence-corrected chi connectivity index (χ2v) is 9.10. The van der Waals surface area contributed by atoms with Crippen LogP contribution in [0, 0.1) is 11.3 Å². The summed E-state index contributed by atoms with van der Waals surface area (Å²) in [6.45, 7) is 6.92. The topological polar surface area (TPSA) is 17.1 Å². The molecule has 0 bridgehead atoms. The SMILES string of the molecule is CCC(C)(C)C1C/C(=C\c2cccs2)C(=O)/C(=C/c2cccs2)C1. The van der Waals surface area contributed by atoms with Crippen LogP contribution in [0.25, 0.3) is 12.2 Å². The van der Waals surface area contributed by atoms with Crippen molar-refractivity contribution in [1.29, 1.82) is 0 Å². The smallest absolute Gasteiger partial charge is 0.185 e. The molecule has 0 saturated heterocycles. The van der Waals surface area contributed by atoms with Gasteiger partial charge in [-0.3, -0.25) is 4.79 Å². The van der Waals surface area contributed by atoms with E-state index in [1.165, 1.54) is 9.75 Å². The van der Waals surface area contributed by atoms with Crippen LogP contribution in [0.3, 0.4) is 0 Å².